The van der Waals surface area contributed by atoms with Crippen LogP contribution in [0.1, 0.15) is 23.7 Å². The number of rotatable bonds is 6. The number of nitrogens with one attached hydrogen (secondary N) is 2. The van der Waals surface area contributed by atoms with Crippen molar-refractivity contribution in [2.75, 3.05) is 5.43 Å². The number of hydrazone groups is 1. The van der Waals surface area contributed by atoms with Crippen LogP contribution in [0.5, 0.6) is 5.75 Å². The summed E-state index contributed by atoms with van der Waals surface area (Å²) in [5.41, 5.74) is 5.49. The van der Waals surface area contributed by atoms with Crippen LogP contribution in [-0.2, 0) is 6.61 Å². The molecule has 3 rings (SSSR count). The lowest BCUT2D eigenvalue weighted by atomic mass is 10.1. The Labute approximate surface area is 150 Å². The standard InChI is InChI=1S/C19H19N5O2/c1-13(21-23-19-20-18(25)14(2)22-24-19)16-8-10-17(11-9-16)26-12-15-6-4-3-5-7-15/h3-11H,12H2,1-2H3,(H2,20,23,24,25)/b21-13-. The van der Waals surface area contributed by atoms with Crippen molar-refractivity contribution in [1.82, 2.24) is 15.2 Å². The highest BCUT2D eigenvalue weighted by atomic mass is 16.5. The third-order valence-corrected chi connectivity index (χ3v) is 3.71. The lowest BCUT2D eigenvalue weighted by molar-refractivity contribution is 0.306. The summed E-state index contributed by atoms with van der Waals surface area (Å²) in [6.07, 6.45) is 0. The van der Waals surface area contributed by atoms with Crippen LogP contribution >= 0.6 is 0 Å². The van der Waals surface area contributed by atoms with Gasteiger partial charge >= 0.3 is 0 Å². The van der Waals surface area contributed by atoms with E-state index in [9.17, 15) is 4.79 Å². The Kier molecular flexibility index (Phi) is 5.38. The first-order valence-corrected chi connectivity index (χ1v) is 8.13. The van der Waals surface area contributed by atoms with Crippen LogP contribution in [0, 0.1) is 6.92 Å². The second-order valence-electron chi connectivity index (χ2n) is 5.70. The molecule has 0 radical (unpaired) electrons. The van der Waals surface area contributed by atoms with Gasteiger partial charge < -0.3 is 4.74 Å². The van der Waals surface area contributed by atoms with Gasteiger partial charge in [-0.3, -0.25) is 9.78 Å². The van der Waals surface area contributed by atoms with Gasteiger partial charge in [0, 0.05) is 0 Å². The van der Waals surface area contributed by atoms with Crippen molar-refractivity contribution in [2.45, 2.75) is 20.5 Å². The van der Waals surface area contributed by atoms with Crippen LogP contribution < -0.4 is 15.7 Å². The monoisotopic (exact) mass is 349 g/mol. The highest BCUT2D eigenvalue weighted by Crippen LogP contribution is 2.15. The highest BCUT2D eigenvalue weighted by molar-refractivity contribution is 5.99. The number of nitrogens with zero attached hydrogens (tertiary/aromatic N) is 3. The van der Waals surface area contributed by atoms with Gasteiger partial charge in [0.25, 0.3) is 5.56 Å². The number of aromatic nitrogens is 3. The van der Waals surface area contributed by atoms with Crippen molar-refractivity contribution in [3.8, 4) is 5.75 Å². The highest BCUT2D eigenvalue weighted by Gasteiger charge is 2.02. The third kappa shape index (κ3) is 4.54. The summed E-state index contributed by atoms with van der Waals surface area (Å²) in [4.78, 5) is 14.1. The van der Waals surface area contributed by atoms with Gasteiger partial charge in [-0.15, -0.1) is 10.2 Å². The minimum atomic E-state index is -0.296. The van der Waals surface area contributed by atoms with Crippen LogP contribution in [0.4, 0.5) is 5.95 Å². The fourth-order valence-electron chi connectivity index (χ4n) is 2.18. The molecule has 7 nitrogen and oxygen atoms in total. The quantitative estimate of drug-likeness (QED) is 0.527. The third-order valence-electron chi connectivity index (χ3n) is 3.71. The Morgan fingerprint density at radius 2 is 1.85 bits per heavy atom. The number of H-pyrrole nitrogens is 1. The maximum atomic E-state index is 11.5. The minimum Gasteiger partial charge on any atom is -0.489 e. The van der Waals surface area contributed by atoms with Gasteiger partial charge in [-0.1, -0.05) is 30.3 Å². The first-order chi connectivity index (χ1) is 12.6. The van der Waals surface area contributed by atoms with E-state index in [0.717, 1.165) is 22.6 Å². The van der Waals surface area contributed by atoms with Crippen LogP contribution in [0.25, 0.3) is 0 Å². The molecule has 0 aliphatic heterocycles. The van der Waals surface area contributed by atoms with E-state index in [2.05, 4.69) is 25.7 Å². The Morgan fingerprint density at radius 1 is 1.12 bits per heavy atom. The minimum absolute atomic E-state index is 0.197. The van der Waals surface area contributed by atoms with Crippen molar-refractivity contribution in [1.29, 1.82) is 0 Å². The predicted octanol–water partition coefficient (Wildman–Crippen LogP) is 2.89. The molecule has 26 heavy (non-hydrogen) atoms. The number of hydrogen-bond donors (Lipinski definition) is 2. The summed E-state index contributed by atoms with van der Waals surface area (Å²) in [6, 6.07) is 17.6. The van der Waals surface area contributed by atoms with E-state index in [1.165, 1.54) is 0 Å². The number of benzene rings is 2. The Morgan fingerprint density at radius 3 is 2.54 bits per heavy atom. The van der Waals surface area contributed by atoms with Crippen LogP contribution in [0.2, 0.25) is 0 Å². The largest absolute Gasteiger partial charge is 0.489 e. The van der Waals surface area contributed by atoms with Gasteiger partial charge in [0.2, 0.25) is 5.95 Å². The smallest absolute Gasteiger partial charge is 0.274 e. The van der Waals surface area contributed by atoms with E-state index in [-0.39, 0.29) is 11.5 Å². The molecule has 7 heteroatoms. The normalized spacial score (nSPS) is 11.2. The predicted molar refractivity (Wildman–Crippen MR) is 100 cm³/mol. The molecule has 0 spiro atoms. The van der Waals surface area contributed by atoms with Crippen molar-refractivity contribution in [3.05, 3.63) is 81.8 Å². The molecule has 0 aliphatic carbocycles. The van der Waals surface area contributed by atoms with Crippen molar-refractivity contribution in [3.63, 3.8) is 0 Å². The summed E-state index contributed by atoms with van der Waals surface area (Å²) >= 11 is 0. The van der Waals surface area contributed by atoms with E-state index in [0.29, 0.717) is 12.3 Å². The Hall–Kier alpha value is -3.48. The molecule has 2 N–H and O–H groups in total. The first-order valence-electron chi connectivity index (χ1n) is 8.13. The van der Waals surface area contributed by atoms with Gasteiger partial charge in [-0.05, 0) is 49.2 Å². The van der Waals surface area contributed by atoms with Gasteiger partial charge in [-0.2, -0.15) is 5.10 Å². The van der Waals surface area contributed by atoms with Crippen molar-refractivity contribution < 1.29 is 4.74 Å². The summed E-state index contributed by atoms with van der Waals surface area (Å²) in [6.45, 7) is 3.96. The van der Waals surface area contributed by atoms with E-state index in [1.807, 2.05) is 61.5 Å². The molecule has 0 unspecified atom stereocenters. The molecule has 0 saturated heterocycles. The van der Waals surface area contributed by atoms with E-state index < -0.39 is 0 Å². The Bertz CT molecular complexity index is 950. The van der Waals surface area contributed by atoms with Crippen LogP contribution in [0.15, 0.2) is 64.5 Å². The maximum Gasteiger partial charge on any atom is 0.274 e. The number of aryl methyl sites for hydroxylation is 1. The van der Waals surface area contributed by atoms with Gasteiger partial charge in [0.1, 0.15) is 18.1 Å². The van der Waals surface area contributed by atoms with Crippen LogP contribution in [0.3, 0.4) is 0 Å². The molecule has 0 saturated carbocycles. The summed E-state index contributed by atoms with van der Waals surface area (Å²) in [7, 11) is 0. The molecule has 0 aliphatic rings. The zero-order valence-electron chi connectivity index (χ0n) is 14.6. The molecular weight excluding hydrogens is 330 g/mol. The zero-order valence-corrected chi connectivity index (χ0v) is 14.6. The SMILES string of the molecule is C/C(=N/Nc1nnc(C)c(=O)[nH]1)c1ccc(OCc2ccccc2)cc1. The second-order valence-corrected chi connectivity index (χ2v) is 5.70. The van der Waals surface area contributed by atoms with E-state index >= 15 is 0 Å². The topological polar surface area (TPSA) is 92.3 Å². The molecule has 132 valence electrons. The fraction of sp³-hybridized carbons (Fsp3) is 0.158. The molecule has 0 atom stereocenters. The van der Waals surface area contributed by atoms with Crippen molar-refractivity contribution >= 4 is 11.7 Å². The average molecular weight is 349 g/mol. The zero-order chi connectivity index (χ0) is 18.4. The lowest BCUT2D eigenvalue weighted by Gasteiger charge is -2.07. The van der Waals surface area contributed by atoms with Crippen LogP contribution in [-0.4, -0.2) is 20.9 Å². The molecule has 1 aromatic heterocycles. The summed E-state index contributed by atoms with van der Waals surface area (Å²) < 4.78 is 5.77. The van der Waals surface area contributed by atoms with E-state index in [4.69, 9.17) is 4.74 Å². The maximum absolute atomic E-state index is 11.5. The van der Waals surface area contributed by atoms with E-state index in [1.54, 1.807) is 6.92 Å². The van der Waals surface area contributed by atoms with Gasteiger partial charge in [-0.25, -0.2) is 5.43 Å². The summed E-state index contributed by atoms with van der Waals surface area (Å²) in [5, 5.41) is 11.8. The molecule has 2 aromatic carbocycles. The van der Waals surface area contributed by atoms with Gasteiger partial charge in [0.05, 0.1) is 5.71 Å². The van der Waals surface area contributed by atoms with Gasteiger partial charge in [0.15, 0.2) is 0 Å². The molecule has 0 bridgehead atoms. The average Bonchev–Trinajstić information content (AvgIpc) is 2.68. The lowest BCUT2D eigenvalue weighted by Crippen LogP contribution is -2.16. The molecule has 0 amide bonds. The molecule has 3 aromatic rings. The number of ether oxygens (including phenoxy) is 1. The molecule has 0 fully saturated rings. The first kappa shape index (κ1) is 17.3. The molecular formula is C19H19N5O2. The van der Waals surface area contributed by atoms with Crippen molar-refractivity contribution in [2.24, 2.45) is 5.10 Å². The molecule has 1 heterocycles. The second kappa shape index (κ2) is 8.06. The number of anilines is 1. The Balaban J connectivity index is 1.61. The number of aromatic amines is 1. The summed E-state index contributed by atoms with van der Waals surface area (Å²) in [5.74, 6) is 0.981. The number of hydrogen-bond acceptors (Lipinski definition) is 6. The fourth-order valence-corrected chi connectivity index (χ4v) is 2.18.